The van der Waals surface area contributed by atoms with E-state index in [0.717, 1.165) is 12.1 Å². The molecular weight excluding hydrogens is 293 g/mol. The van der Waals surface area contributed by atoms with Gasteiger partial charge in [-0.05, 0) is 30.3 Å². The molecule has 0 atom stereocenters. The van der Waals surface area contributed by atoms with Gasteiger partial charge in [-0.1, -0.05) is 23.7 Å². The van der Waals surface area contributed by atoms with Gasteiger partial charge in [0.15, 0.2) is 0 Å². The number of alkyl halides is 3. The summed E-state index contributed by atoms with van der Waals surface area (Å²) in [5.74, 6) is -0.633. The number of carbonyl (C=O) groups excluding carboxylic acids is 1. The van der Waals surface area contributed by atoms with Gasteiger partial charge < -0.3 is 5.32 Å². The summed E-state index contributed by atoms with van der Waals surface area (Å²) in [7, 11) is 0. The van der Waals surface area contributed by atoms with Crippen LogP contribution in [0, 0.1) is 0 Å². The van der Waals surface area contributed by atoms with Crippen molar-refractivity contribution in [2.75, 3.05) is 5.32 Å². The summed E-state index contributed by atoms with van der Waals surface area (Å²) in [4.78, 5) is 15.6. The van der Waals surface area contributed by atoms with Gasteiger partial charge in [0.2, 0.25) is 0 Å². The molecule has 3 nitrogen and oxygen atoms in total. The van der Waals surface area contributed by atoms with Crippen molar-refractivity contribution in [1.29, 1.82) is 0 Å². The van der Waals surface area contributed by atoms with Gasteiger partial charge in [0.25, 0.3) is 5.91 Å². The van der Waals surface area contributed by atoms with Crippen LogP contribution in [0.4, 0.5) is 18.9 Å². The second kappa shape index (κ2) is 5.50. The lowest BCUT2D eigenvalue weighted by atomic mass is 10.2. The number of aromatic nitrogens is 1. The summed E-state index contributed by atoms with van der Waals surface area (Å²) < 4.78 is 37.6. The average molecular weight is 301 g/mol. The predicted octanol–water partition coefficient (Wildman–Crippen LogP) is 4.01. The normalized spacial score (nSPS) is 11.2. The van der Waals surface area contributed by atoms with Crippen LogP contribution in [-0.2, 0) is 6.18 Å². The lowest BCUT2D eigenvalue weighted by Gasteiger charge is -2.09. The van der Waals surface area contributed by atoms with E-state index in [-0.39, 0.29) is 16.5 Å². The van der Waals surface area contributed by atoms with Gasteiger partial charge in [0, 0.05) is 5.69 Å². The highest BCUT2D eigenvalue weighted by atomic mass is 35.5. The first kappa shape index (κ1) is 14.3. The number of nitrogens with one attached hydrogen (secondary N) is 1. The number of rotatable bonds is 2. The molecule has 104 valence electrons. The summed E-state index contributed by atoms with van der Waals surface area (Å²) >= 11 is 5.64. The Morgan fingerprint density at radius 2 is 1.85 bits per heavy atom. The van der Waals surface area contributed by atoms with Crippen molar-refractivity contribution in [3.8, 4) is 0 Å². The van der Waals surface area contributed by atoms with Gasteiger partial charge in [-0.15, -0.1) is 0 Å². The van der Waals surface area contributed by atoms with E-state index in [1.165, 1.54) is 30.3 Å². The van der Waals surface area contributed by atoms with Gasteiger partial charge >= 0.3 is 6.18 Å². The van der Waals surface area contributed by atoms with Crippen LogP contribution in [0.2, 0.25) is 5.15 Å². The van der Waals surface area contributed by atoms with Crippen LogP contribution in [0.1, 0.15) is 16.1 Å². The number of nitrogens with zero attached hydrogens (tertiary/aromatic N) is 1. The maximum Gasteiger partial charge on any atom is 0.416 e. The third-order valence-electron chi connectivity index (χ3n) is 2.40. The lowest BCUT2D eigenvalue weighted by Crippen LogP contribution is -2.14. The van der Waals surface area contributed by atoms with Crippen molar-refractivity contribution in [2.24, 2.45) is 0 Å². The molecule has 1 N–H and O–H groups in total. The van der Waals surface area contributed by atoms with E-state index in [2.05, 4.69) is 10.3 Å². The first-order chi connectivity index (χ1) is 9.36. The van der Waals surface area contributed by atoms with E-state index in [1.54, 1.807) is 0 Å². The number of pyridine rings is 1. The van der Waals surface area contributed by atoms with Crippen molar-refractivity contribution < 1.29 is 18.0 Å². The third kappa shape index (κ3) is 3.48. The van der Waals surface area contributed by atoms with Crippen molar-refractivity contribution in [3.05, 3.63) is 58.9 Å². The Labute approximate surface area is 117 Å². The van der Waals surface area contributed by atoms with Gasteiger partial charge in [-0.25, -0.2) is 4.98 Å². The Kier molecular flexibility index (Phi) is 3.94. The largest absolute Gasteiger partial charge is 0.416 e. The van der Waals surface area contributed by atoms with Crippen molar-refractivity contribution in [2.45, 2.75) is 6.18 Å². The van der Waals surface area contributed by atoms with E-state index >= 15 is 0 Å². The maximum atomic E-state index is 12.5. The Hall–Kier alpha value is -2.08. The highest BCUT2D eigenvalue weighted by molar-refractivity contribution is 6.29. The minimum Gasteiger partial charge on any atom is -0.321 e. The van der Waals surface area contributed by atoms with Crippen LogP contribution >= 0.6 is 11.6 Å². The number of halogens is 4. The van der Waals surface area contributed by atoms with Crippen LogP contribution in [0.5, 0.6) is 0 Å². The molecule has 0 saturated heterocycles. The molecule has 20 heavy (non-hydrogen) atoms. The second-order valence-electron chi connectivity index (χ2n) is 3.88. The Morgan fingerprint density at radius 1 is 1.15 bits per heavy atom. The van der Waals surface area contributed by atoms with Gasteiger partial charge in [-0.3, -0.25) is 4.79 Å². The topological polar surface area (TPSA) is 42.0 Å². The Morgan fingerprint density at radius 3 is 2.50 bits per heavy atom. The molecule has 1 heterocycles. The molecule has 0 radical (unpaired) electrons. The Balaban J connectivity index is 2.20. The molecule has 2 aromatic rings. The molecule has 7 heteroatoms. The molecule has 1 amide bonds. The van der Waals surface area contributed by atoms with E-state index < -0.39 is 17.6 Å². The lowest BCUT2D eigenvalue weighted by molar-refractivity contribution is -0.137. The first-order valence-corrected chi connectivity index (χ1v) is 5.85. The second-order valence-corrected chi connectivity index (χ2v) is 4.27. The monoisotopic (exact) mass is 300 g/mol. The van der Waals surface area contributed by atoms with Crippen LogP contribution in [0.25, 0.3) is 0 Å². The van der Waals surface area contributed by atoms with Crippen molar-refractivity contribution in [1.82, 2.24) is 4.98 Å². The molecule has 0 aliphatic heterocycles. The van der Waals surface area contributed by atoms with E-state index in [1.807, 2.05) is 0 Å². The minimum absolute atomic E-state index is 0.0231. The summed E-state index contributed by atoms with van der Waals surface area (Å²) in [5.41, 5.74) is -0.782. The molecule has 1 aromatic heterocycles. The fraction of sp³-hybridized carbons (Fsp3) is 0.0769. The molecule has 0 fully saturated rings. The van der Waals surface area contributed by atoms with Crippen LogP contribution in [0.3, 0.4) is 0 Å². The van der Waals surface area contributed by atoms with Crippen LogP contribution in [0.15, 0.2) is 42.5 Å². The summed E-state index contributed by atoms with van der Waals surface area (Å²) in [6, 6.07) is 8.77. The number of benzene rings is 1. The highest BCUT2D eigenvalue weighted by Gasteiger charge is 2.30. The average Bonchev–Trinajstić information content (AvgIpc) is 2.38. The van der Waals surface area contributed by atoms with Crippen molar-refractivity contribution in [3.63, 3.8) is 0 Å². The zero-order chi connectivity index (χ0) is 14.8. The van der Waals surface area contributed by atoms with E-state index in [4.69, 9.17) is 11.6 Å². The van der Waals surface area contributed by atoms with Crippen LogP contribution < -0.4 is 5.32 Å². The number of hydrogen-bond acceptors (Lipinski definition) is 2. The van der Waals surface area contributed by atoms with Crippen molar-refractivity contribution >= 4 is 23.2 Å². The fourth-order valence-electron chi connectivity index (χ4n) is 1.50. The summed E-state index contributed by atoms with van der Waals surface area (Å²) in [6.07, 6.45) is -4.46. The Bertz CT molecular complexity index is 644. The van der Waals surface area contributed by atoms with E-state index in [0.29, 0.717) is 0 Å². The number of carbonyl (C=O) groups is 1. The molecule has 2 rings (SSSR count). The maximum absolute atomic E-state index is 12.5. The third-order valence-corrected chi connectivity index (χ3v) is 2.61. The smallest absolute Gasteiger partial charge is 0.321 e. The predicted molar refractivity (Wildman–Crippen MR) is 68.6 cm³/mol. The highest BCUT2D eigenvalue weighted by Crippen LogP contribution is 2.30. The van der Waals surface area contributed by atoms with E-state index in [9.17, 15) is 18.0 Å². The van der Waals surface area contributed by atoms with Gasteiger partial charge in [0.05, 0.1) is 5.56 Å². The number of anilines is 1. The molecule has 0 spiro atoms. The van der Waals surface area contributed by atoms with Gasteiger partial charge in [0.1, 0.15) is 10.8 Å². The zero-order valence-corrected chi connectivity index (χ0v) is 10.7. The molecular formula is C13H8ClF3N2O. The van der Waals surface area contributed by atoms with Gasteiger partial charge in [-0.2, -0.15) is 13.2 Å². The molecule has 0 aliphatic rings. The standard InChI is InChI=1S/C13H8ClF3N2O/c14-11-6-2-5-10(19-11)12(20)18-9-4-1-3-8(7-9)13(15,16)17/h1-7H,(H,18,20). The zero-order valence-electron chi connectivity index (χ0n) is 9.91. The fourth-order valence-corrected chi connectivity index (χ4v) is 1.67. The molecule has 0 saturated carbocycles. The molecule has 1 aromatic carbocycles. The SMILES string of the molecule is O=C(Nc1cccc(C(F)(F)F)c1)c1cccc(Cl)n1. The summed E-state index contributed by atoms with van der Waals surface area (Å²) in [5, 5.41) is 2.46. The quantitative estimate of drug-likeness (QED) is 0.852. The first-order valence-electron chi connectivity index (χ1n) is 5.47. The molecule has 0 unspecified atom stereocenters. The van der Waals surface area contributed by atoms with Crippen LogP contribution in [-0.4, -0.2) is 10.9 Å². The number of hydrogen-bond donors (Lipinski definition) is 1. The minimum atomic E-state index is -4.46. The molecule has 0 bridgehead atoms. The molecule has 0 aliphatic carbocycles. The summed E-state index contributed by atoms with van der Waals surface area (Å²) in [6.45, 7) is 0. The number of amides is 1.